The van der Waals surface area contributed by atoms with Crippen LogP contribution in [0, 0.1) is 5.92 Å². The van der Waals surface area contributed by atoms with Gasteiger partial charge in [0.25, 0.3) is 5.91 Å². The van der Waals surface area contributed by atoms with Gasteiger partial charge in [-0.05, 0) is 50.7 Å². The fraction of sp³-hybridized carbons (Fsp3) is 0.400. The number of fused-ring (bicyclic) bond motifs is 1. The highest BCUT2D eigenvalue weighted by molar-refractivity contribution is 6.31. The first-order chi connectivity index (χ1) is 16.9. The van der Waals surface area contributed by atoms with Crippen molar-refractivity contribution >= 4 is 46.8 Å². The van der Waals surface area contributed by atoms with E-state index in [0.717, 1.165) is 43.9 Å². The van der Waals surface area contributed by atoms with Crippen molar-refractivity contribution in [1.29, 1.82) is 0 Å². The lowest BCUT2D eigenvalue weighted by molar-refractivity contribution is 0.0933. The highest BCUT2D eigenvalue weighted by Crippen LogP contribution is 2.24. The zero-order valence-electron chi connectivity index (χ0n) is 20.3. The first kappa shape index (κ1) is 24.8. The fourth-order valence-corrected chi connectivity index (χ4v) is 4.80. The van der Waals surface area contributed by atoms with Gasteiger partial charge in [0.15, 0.2) is 5.65 Å². The number of aromatic amines is 1. The summed E-state index contributed by atoms with van der Waals surface area (Å²) in [6, 6.07) is 5.52. The van der Waals surface area contributed by atoms with E-state index in [4.69, 9.17) is 16.6 Å². The molecule has 0 bridgehead atoms. The minimum atomic E-state index is -0.184. The smallest absolute Gasteiger partial charge is 0.255 e. The van der Waals surface area contributed by atoms with Gasteiger partial charge in [0.1, 0.15) is 11.2 Å². The molecule has 0 radical (unpaired) electrons. The second kappa shape index (κ2) is 11.0. The third-order valence-corrected chi connectivity index (χ3v) is 6.50. The number of hydrogen-bond donors (Lipinski definition) is 3. The standard InChI is InChI=1S/C25H31ClN8O/c1-15(13-34-8-7-16(14-34)10-27-2)32-25(35)19-11-30-24-23(19)33-21(12-31-24)22(29-4)18-6-5-17(26)9-20(18)28-3/h5-6,9,11-12,15-16,28H,2,7-8,10,13-14H2,1,3-4H3,(H,30,31)(H,32,35)/b29-22+. The number of hydrogen-bond acceptors (Lipinski definition) is 7. The van der Waals surface area contributed by atoms with Gasteiger partial charge in [-0.2, -0.15) is 0 Å². The van der Waals surface area contributed by atoms with E-state index in [1.165, 1.54) is 0 Å². The summed E-state index contributed by atoms with van der Waals surface area (Å²) >= 11 is 6.16. The number of aliphatic imine (C=N–C) groups is 2. The Hall–Kier alpha value is -3.30. The number of halogens is 1. The average Bonchev–Trinajstić information content (AvgIpc) is 3.47. The molecule has 2 atom stereocenters. The molecule has 0 aliphatic carbocycles. The highest BCUT2D eigenvalue weighted by atomic mass is 35.5. The molecule has 1 saturated heterocycles. The first-order valence-electron chi connectivity index (χ1n) is 11.7. The van der Waals surface area contributed by atoms with Crippen LogP contribution in [-0.2, 0) is 0 Å². The van der Waals surface area contributed by atoms with Gasteiger partial charge >= 0.3 is 0 Å². The van der Waals surface area contributed by atoms with E-state index in [9.17, 15) is 4.79 Å². The quantitative estimate of drug-likeness (QED) is 0.395. The average molecular weight is 495 g/mol. The van der Waals surface area contributed by atoms with Crippen LogP contribution in [0.3, 0.4) is 0 Å². The zero-order valence-corrected chi connectivity index (χ0v) is 21.1. The summed E-state index contributed by atoms with van der Waals surface area (Å²) in [4.78, 5) is 36.3. The van der Waals surface area contributed by atoms with E-state index >= 15 is 0 Å². The van der Waals surface area contributed by atoms with Crippen molar-refractivity contribution in [2.75, 3.05) is 45.6 Å². The molecule has 35 heavy (non-hydrogen) atoms. The zero-order chi connectivity index (χ0) is 24.9. The molecule has 3 N–H and O–H groups in total. The minimum absolute atomic E-state index is 0.0148. The Morgan fingerprint density at radius 3 is 2.97 bits per heavy atom. The molecule has 1 aromatic carbocycles. The summed E-state index contributed by atoms with van der Waals surface area (Å²) in [5, 5.41) is 6.88. The summed E-state index contributed by atoms with van der Waals surface area (Å²) in [6.45, 7) is 9.20. The number of nitrogens with one attached hydrogen (secondary N) is 3. The second-order valence-corrected chi connectivity index (χ2v) is 9.30. The number of carbonyl (C=O) groups excluding carboxylic acids is 1. The first-order valence-corrected chi connectivity index (χ1v) is 12.1. The maximum absolute atomic E-state index is 13.1. The Morgan fingerprint density at radius 2 is 2.23 bits per heavy atom. The van der Waals surface area contributed by atoms with E-state index in [1.54, 1.807) is 19.4 Å². The number of nitrogens with zero attached hydrogens (tertiary/aromatic N) is 5. The highest BCUT2D eigenvalue weighted by Gasteiger charge is 2.24. The minimum Gasteiger partial charge on any atom is -0.388 e. The molecule has 1 aliphatic rings. The van der Waals surface area contributed by atoms with E-state index < -0.39 is 0 Å². The summed E-state index contributed by atoms with van der Waals surface area (Å²) in [6.07, 6.45) is 4.42. The van der Waals surface area contributed by atoms with Gasteiger partial charge in [-0.15, -0.1) is 0 Å². The van der Waals surface area contributed by atoms with E-state index in [-0.39, 0.29) is 11.9 Å². The molecule has 3 aromatic rings. The van der Waals surface area contributed by atoms with Crippen molar-refractivity contribution in [2.45, 2.75) is 19.4 Å². The number of rotatable bonds is 9. The summed E-state index contributed by atoms with van der Waals surface area (Å²) < 4.78 is 0. The topological polar surface area (TPSA) is 111 Å². The molecule has 10 heteroatoms. The van der Waals surface area contributed by atoms with Crippen molar-refractivity contribution in [3.63, 3.8) is 0 Å². The van der Waals surface area contributed by atoms with Gasteiger partial charge in [-0.3, -0.25) is 9.79 Å². The Kier molecular flexibility index (Phi) is 7.77. The van der Waals surface area contributed by atoms with Gasteiger partial charge in [0.05, 0.1) is 17.5 Å². The van der Waals surface area contributed by atoms with Crippen LogP contribution in [0.15, 0.2) is 40.6 Å². The molecule has 9 nitrogen and oxygen atoms in total. The molecule has 4 rings (SSSR count). The number of aromatic nitrogens is 3. The number of carbonyl (C=O) groups is 1. The summed E-state index contributed by atoms with van der Waals surface area (Å²) in [5.74, 6) is 0.368. The Bertz CT molecular complexity index is 1250. The van der Waals surface area contributed by atoms with Crippen LogP contribution in [-0.4, -0.2) is 84.5 Å². The van der Waals surface area contributed by atoms with Crippen LogP contribution < -0.4 is 10.6 Å². The Balaban J connectivity index is 1.53. The molecular weight excluding hydrogens is 464 g/mol. The fourth-order valence-electron chi connectivity index (χ4n) is 4.63. The van der Waals surface area contributed by atoms with Crippen molar-refractivity contribution in [2.24, 2.45) is 15.9 Å². The van der Waals surface area contributed by atoms with Crippen LogP contribution >= 0.6 is 11.6 Å². The Morgan fingerprint density at radius 1 is 1.40 bits per heavy atom. The maximum atomic E-state index is 13.1. The number of anilines is 1. The predicted molar refractivity (Wildman–Crippen MR) is 142 cm³/mol. The molecule has 2 unspecified atom stereocenters. The monoisotopic (exact) mass is 494 g/mol. The second-order valence-electron chi connectivity index (χ2n) is 8.86. The van der Waals surface area contributed by atoms with Gasteiger partial charge in [0.2, 0.25) is 0 Å². The lowest BCUT2D eigenvalue weighted by Crippen LogP contribution is -2.41. The van der Waals surface area contributed by atoms with Crippen LogP contribution in [0.1, 0.15) is 35.0 Å². The van der Waals surface area contributed by atoms with Crippen LogP contribution in [0.25, 0.3) is 11.2 Å². The molecular formula is C25H31ClN8O. The third kappa shape index (κ3) is 5.52. The normalized spacial score (nSPS) is 17.5. The van der Waals surface area contributed by atoms with Gasteiger partial charge in [0, 0.05) is 62.2 Å². The van der Waals surface area contributed by atoms with Crippen LogP contribution in [0.5, 0.6) is 0 Å². The van der Waals surface area contributed by atoms with Crippen molar-refractivity contribution in [3.05, 3.63) is 52.4 Å². The van der Waals surface area contributed by atoms with E-state index in [2.05, 4.69) is 42.2 Å². The number of benzene rings is 1. The third-order valence-electron chi connectivity index (χ3n) is 6.26. The van der Waals surface area contributed by atoms with Crippen LogP contribution in [0.4, 0.5) is 5.69 Å². The number of H-pyrrole nitrogens is 1. The van der Waals surface area contributed by atoms with Crippen LogP contribution in [0.2, 0.25) is 5.02 Å². The molecule has 184 valence electrons. The Labute approximate surface area is 210 Å². The van der Waals surface area contributed by atoms with Gasteiger partial charge < -0.3 is 25.5 Å². The van der Waals surface area contributed by atoms with Gasteiger partial charge in [-0.1, -0.05) is 11.6 Å². The van der Waals surface area contributed by atoms with E-state index in [1.807, 2.05) is 32.2 Å². The van der Waals surface area contributed by atoms with Gasteiger partial charge in [-0.25, -0.2) is 9.97 Å². The van der Waals surface area contributed by atoms with Crippen molar-refractivity contribution < 1.29 is 4.79 Å². The number of likely N-dealkylation sites (tertiary alicyclic amines) is 1. The van der Waals surface area contributed by atoms with Crippen molar-refractivity contribution in [1.82, 2.24) is 25.2 Å². The number of amides is 1. The molecule has 2 aromatic heterocycles. The molecule has 3 heterocycles. The van der Waals surface area contributed by atoms with Crippen molar-refractivity contribution in [3.8, 4) is 0 Å². The lowest BCUT2D eigenvalue weighted by atomic mass is 10.0. The molecule has 1 amide bonds. The molecule has 0 saturated carbocycles. The maximum Gasteiger partial charge on any atom is 0.255 e. The lowest BCUT2D eigenvalue weighted by Gasteiger charge is -2.21. The largest absolute Gasteiger partial charge is 0.388 e. The predicted octanol–water partition coefficient (Wildman–Crippen LogP) is 3.26. The molecule has 1 fully saturated rings. The molecule has 0 spiro atoms. The SMILES string of the molecule is C=NCC1CCN(CC(C)NC(=O)c2c[nH]c3ncc(/C(=N/C)c4ccc(Cl)cc4NC)nc23)C1. The van der Waals surface area contributed by atoms with E-state index in [0.29, 0.717) is 39.1 Å². The summed E-state index contributed by atoms with van der Waals surface area (Å²) in [5.41, 5.74) is 4.40. The molecule has 1 aliphatic heterocycles. The summed E-state index contributed by atoms with van der Waals surface area (Å²) in [7, 11) is 3.53.